The average Bonchev–Trinajstić information content (AvgIpc) is 3.51. The number of amides is 1. The van der Waals surface area contributed by atoms with Crippen molar-refractivity contribution in [3.63, 3.8) is 0 Å². The summed E-state index contributed by atoms with van der Waals surface area (Å²) < 4.78 is 42.5. The first-order valence-corrected chi connectivity index (χ1v) is 18.9. The average molecular weight is 721 g/mol. The molecule has 52 heavy (non-hydrogen) atoms. The predicted octanol–water partition coefficient (Wildman–Crippen LogP) is 6.62. The van der Waals surface area contributed by atoms with E-state index in [0.717, 1.165) is 16.7 Å². The fourth-order valence-electron chi connectivity index (χ4n) is 7.98. The highest BCUT2D eigenvalue weighted by Crippen LogP contribution is 2.53. The molecule has 11 heteroatoms. The molecule has 2 aliphatic rings. The number of ether oxygens (including phenoxy) is 2. The first-order valence-electron chi connectivity index (χ1n) is 17.4. The molecule has 0 spiro atoms. The number of piperidine rings is 1. The van der Waals surface area contributed by atoms with E-state index in [1.807, 2.05) is 49.4 Å². The molecule has 0 saturated carbocycles. The lowest BCUT2D eigenvalue weighted by Crippen LogP contribution is -2.62. The van der Waals surface area contributed by atoms with E-state index in [4.69, 9.17) is 9.47 Å². The molecule has 2 aliphatic heterocycles. The van der Waals surface area contributed by atoms with Crippen LogP contribution < -0.4 is 0 Å². The van der Waals surface area contributed by atoms with Crippen LogP contribution in [-0.2, 0) is 37.3 Å². The van der Waals surface area contributed by atoms with Gasteiger partial charge in [0.2, 0.25) is 0 Å². The number of carbonyl (C=O) groups is 3. The Balaban J connectivity index is 1.39. The molecule has 1 aromatic heterocycles. The van der Waals surface area contributed by atoms with Crippen LogP contribution in [0.15, 0.2) is 114 Å². The molecule has 1 N–H and O–H groups in total. The van der Waals surface area contributed by atoms with Crippen LogP contribution in [-0.4, -0.2) is 59.0 Å². The van der Waals surface area contributed by atoms with Gasteiger partial charge in [-0.1, -0.05) is 91.3 Å². The van der Waals surface area contributed by atoms with Gasteiger partial charge in [-0.25, -0.2) is 22.0 Å². The smallest absolute Gasteiger partial charge is 0.410 e. The molecule has 1 saturated heterocycles. The van der Waals surface area contributed by atoms with Crippen LogP contribution in [0.2, 0.25) is 0 Å². The number of hydrogen-bond acceptors (Lipinski definition) is 8. The molecule has 268 valence electrons. The normalized spacial score (nSPS) is 20.8. The second kappa shape index (κ2) is 14.0. The lowest BCUT2D eigenvalue weighted by molar-refractivity contribution is -0.146. The van der Waals surface area contributed by atoms with Gasteiger partial charge >= 0.3 is 12.1 Å². The van der Waals surface area contributed by atoms with Gasteiger partial charge in [-0.05, 0) is 67.6 Å². The number of carbonyl (C=O) groups excluding carboxylic acids is 3. The molecule has 7 rings (SSSR count). The van der Waals surface area contributed by atoms with Crippen molar-refractivity contribution in [1.82, 2.24) is 8.87 Å². The van der Waals surface area contributed by atoms with Crippen molar-refractivity contribution in [3.8, 4) is 0 Å². The minimum Gasteiger partial charge on any atom is -0.462 e. The molecule has 5 atom stereocenters. The summed E-state index contributed by atoms with van der Waals surface area (Å²) >= 11 is 0. The van der Waals surface area contributed by atoms with Gasteiger partial charge in [0.25, 0.3) is 10.0 Å². The number of nitrogens with zero attached hydrogens (tertiary/aromatic N) is 2. The number of benzene rings is 4. The summed E-state index contributed by atoms with van der Waals surface area (Å²) in [4.78, 5) is 42.0. The summed E-state index contributed by atoms with van der Waals surface area (Å²) in [6.45, 7) is 3.34. The van der Waals surface area contributed by atoms with Crippen molar-refractivity contribution in [1.29, 1.82) is 0 Å². The van der Waals surface area contributed by atoms with E-state index in [0.29, 0.717) is 28.4 Å². The highest BCUT2D eigenvalue weighted by Gasteiger charge is 2.57. The minimum atomic E-state index is -4.21. The summed E-state index contributed by atoms with van der Waals surface area (Å²) in [6.07, 6.45) is 0.0480. The van der Waals surface area contributed by atoms with E-state index in [-0.39, 0.29) is 37.4 Å². The van der Waals surface area contributed by atoms with Crippen molar-refractivity contribution >= 4 is 39.3 Å². The van der Waals surface area contributed by atoms with E-state index >= 15 is 0 Å². The van der Waals surface area contributed by atoms with Gasteiger partial charge in [0, 0.05) is 23.3 Å². The highest BCUT2D eigenvalue weighted by molar-refractivity contribution is 7.90. The Hall–Kier alpha value is -5.26. The molecular weight excluding hydrogens is 681 g/mol. The van der Waals surface area contributed by atoms with E-state index in [9.17, 15) is 27.9 Å². The van der Waals surface area contributed by atoms with Gasteiger partial charge in [-0.3, -0.25) is 4.90 Å². The Morgan fingerprint density at radius 3 is 2.23 bits per heavy atom. The minimum absolute atomic E-state index is 0.000308. The summed E-state index contributed by atoms with van der Waals surface area (Å²) in [5.41, 5.74) is 1.70. The largest absolute Gasteiger partial charge is 0.462 e. The number of aryl methyl sites for hydroxylation is 1. The Kier molecular flexibility index (Phi) is 9.50. The van der Waals surface area contributed by atoms with Crippen molar-refractivity contribution in [2.45, 2.75) is 62.3 Å². The number of aldehydes is 1. The van der Waals surface area contributed by atoms with Crippen molar-refractivity contribution in [2.24, 2.45) is 11.8 Å². The first-order chi connectivity index (χ1) is 25.1. The number of aromatic nitrogens is 1. The molecule has 4 aromatic carbocycles. The number of esters is 1. The van der Waals surface area contributed by atoms with Crippen LogP contribution in [0, 0.1) is 18.8 Å². The Labute approximate surface area is 302 Å². The monoisotopic (exact) mass is 720 g/mol. The fraction of sp³-hybridized carbons (Fsp3) is 0.293. The summed E-state index contributed by atoms with van der Waals surface area (Å²) in [5, 5.41) is 12.6. The van der Waals surface area contributed by atoms with Crippen LogP contribution in [0.5, 0.6) is 0 Å². The second-order valence-electron chi connectivity index (χ2n) is 13.6. The van der Waals surface area contributed by atoms with Gasteiger partial charge in [0.1, 0.15) is 12.2 Å². The highest BCUT2D eigenvalue weighted by atomic mass is 32.2. The number of hydrogen-bond donors (Lipinski definition) is 1. The van der Waals surface area contributed by atoms with E-state index in [2.05, 4.69) is 0 Å². The molecule has 1 amide bonds. The van der Waals surface area contributed by atoms with Crippen molar-refractivity contribution < 1.29 is 37.4 Å². The Morgan fingerprint density at radius 2 is 1.56 bits per heavy atom. The third-order valence-corrected chi connectivity index (χ3v) is 12.4. The van der Waals surface area contributed by atoms with Crippen LogP contribution >= 0.6 is 0 Å². The number of rotatable bonds is 10. The van der Waals surface area contributed by atoms with Gasteiger partial charge in [0.15, 0.2) is 6.29 Å². The molecular formula is C41H40N2O8S. The molecule has 0 radical (unpaired) electrons. The van der Waals surface area contributed by atoms with E-state index in [1.165, 1.54) is 3.97 Å². The topological polar surface area (TPSA) is 132 Å². The first kappa shape index (κ1) is 35.2. The van der Waals surface area contributed by atoms with Gasteiger partial charge in [0.05, 0.1) is 34.3 Å². The van der Waals surface area contributed by atoms with E-state index in [1.54, 1.807) is 78.6 Å². The van der Waals surface area contributed by atoms with Crippen LogP contribution in [0.25, 0.3) is 10.9 Å². The lowest BCUT2D eigenvalue weighted by Gasteiger charge is -2.54. The quantitative estimate of drug-likeness (QED) is 0.126. The van der Waals surface area contributed by atoms with Gasteiger partial charge < -0.3 is 19.4 Å². The third kappa shape index (κ3) is 6.17. The molecule has 2 bridgehead atoms. The second-order valence-corrected chi connectivity index (χ2v) is 15.4. The zero-order valence-corrected chi connectivity index (χ0v) is 29.7. The predicted molar refractivity (Wildman–Crippen MR) is 194 cm³/mol. The zero-order chi connectivity index (χ0) is 36.6. The number of aliphatic hydroxyl groups is 1. The lowest BCUT2D eigenvalue weighted by atomic mass is 9.64. The Bertz CT molecular complexity index is 2220. The summed E-state index contributed by atoms with van der Waals surface area (Å²) in [7, 11) is -4.21. The molecule has 5 aromatic rings. The maximum absolute atomic E-state index is 14.7. The number of para-hydroxylation sites is 1. The summed E-state index contributed by atoms with van der Waals surface area (Å²) in [6, 6.07) is 29.9. The van der Waals surface area contributed by atoms with E-state index < -0.39 is 51.6 Å². The SMILES string of the molecule is CC[C@](O)(C=O)[C@@H]1C[C@H]2c3c(c4ccccc4n3S(=O)(=O)c3ccc(C)cc3)CC([C@H]1COC(=O)c1ccccc1)N2C(=O)OCc1ccccc1. The molecule has 1 unspecified atom stereocenters. The zero-order valence-electron chi connectivity index (χ0n) is 28.9. The van der Waals surface area contributed by atoms with Crippen molar-refractivity contribution in [2.75, 3.05) is 6.61 Å². The Morgan fingerprint density at radius 1 is 0.904 bits per heavy atom. The molecule has 0 aliphatic carbocycles. The van der Waals surface area contributed by atoms with Gasteiger partial charge in [-0.2, -0.15) is 0 Å². The van der Waals surface area contributed by atoms with Crippen LogP contribution in [0.1, 0.15) is 58.5 Å². The molecule has 3 heterocycles. The maximum Gasteiger partial charge on any atom is 0.410 e. The maximum atomic E-state index is 14.7. The third-order valence-electron chi connectivity index (χ3n) is 10.7. The fourth-order valence-corrected chi connectivity index (χ4v) is 9.58. The van der Waals surface area contributed by atoms with Gasteiger partial charge in [-0.15, -0.1) is 0 Å². The van der Waals surface area contributed by atoms with Crippen LogP contribution in [0.3, 0.4) is 0 Å². The van der Waals surface area contributed by atoms with Crippen LogP contribution in [0.4, 0.5) is 4.79 Å². The number of fused-ring (bicyclic) bond motifs is 6. The molecule has 10 nitrogen and oxygen atoms in total. The summed E-state index contributed by atoms with van der Waals surface area (Å²) in [5.74, 6) is -2.11. The molecule has 1 fully saturated rings. The standard InChI is InChI=1S/C41H40N2O8S/c1-3-41(47,26-44)34-23-37-38-32(31-16-10-11-17-35(31)43(38)52(48,49)30-20-18-27(2)19-21-30)22-36(33(34)25-50-39(45)29-14-8-5-9-15-29)42(37)40(46)51-24-28-12-6-4-7-13-28/h4-21,26,33-34,36-37,47H,3,22-25H2,1-2H3/t33-,34+,36?,37-,41-/m0/s1. The van der Waals surface area contributed by atoms with Crippen molar-refractivity contribution in [3.05, 3.63) is 137 Å².